The molecule has 0 unspecified atom stereocenters. The van der Waals surface area contributed by atoms with Crippen LogP contribution in [0.5, 0.6) is 5.75 Å². The Balaban J connectivity index is 2.22. The number of hydrogen-bond acceptors (Lipinski definition) is 3. The molecule has 0 aliphatic heterocycles. The third-order valence-corrected chi connectivity index (χ3v) is 2.90. The summed E-state index contributed by atoms with van der Waals surface area (Å²) in [5, 5.41) is 2.85. The Hall–Kier alpha value is -1.55. The molecule has 0 aliphatic carbocycles. The van der Waals surface area contributed by atoms with E-state index in [1.807, 2.05) is 24.3 Å². The van der Waals surface area contributed by atoms with Crippen molar-refractivity contribution in [2.45, 2.75) is 39.2 Å². The lowest BCUT2D eigenvalue weighted by atomic mass is 10.2. The quantitative estimate of drug-likeness (QED) is 0.672. The number of amides is 1. The maximum absolute atomic E-state index is 11.6. The third kappa shape index (κ3) is 6.25. The maximum Gasteiger partial charge on any atom is 0.257 e. The minimum Gasteiger partial charge on any atom is -0.483 e. The molecule has 0 aliphatic rings. The summed E-state index contributed by atoms with van der Waals surface area (Å²) < 4.78 is 5.48. The molecule has 0 fully saturated rings. The first-order chi connectivity index (χ1) is 9.27. The van der Waals surface area contributed by atoms with Crippen LogP contribution in [0.1, 0.15) is 38.2 Å². The van der Waals surface area contributed by atoms with Gasteiger partial charge in [-0.3, -0.25) is 4.79 Å². The lowest BCUT2D eigenvalue weighted by Gasteiger charge is -2.10. The second-order valence-corrected chi connectivity index (χ2v) is 4.51. The molecule has 1 aromatic carbocycles. The van der Waals surface area contributed by atoms with Crippen LogP contribution in [0.3, 0.4) is 0 Å². The Morgan fingerprint density at radius 3 is 2.79 bits per heavy atom. The molecule has 106 valence electrons. The van der Waals surface area contributed by atoms with Gasteiger partial charge in [0.2, 0.25) is 0 Å². The third-order valence-electron chi connectivity index (χ3n) is 2.90. The molecular formula is C15H24N2O2. The van der Waals surface area contributed by atoms with Crippen LogP contribution in [0.25, 0.3) is 0 Å². The minimum absolute atomic E-state index is 0.0464. The smallest absolute Gasteiger partial charge is 0.257 e. The van der Waals surface area contributed by atoms with E-state index in [0.717, 1.165) is 24.9 Å². The summed E-state index contributed by atoms with van der Waals surface area (Å²) in [5.74, 6) is 0.606. The number of carbonyl (C=O) groups excluding carboxylic acids is 1. The highest BCUT2D eigenvalue weighted by Crippen LogP contribution is 2.16. The molecule has 1 amide bonds. The number of rotatable bonds is 9. The lowest BCUT2D eigenvalue weighted by molar-refractivity contribution is -0.123. The van der Waals surface area contributed by atoms with Gasteiger partial charge in [0.05, 0.1) is 0 Å². The first kappa shape index (κ1) is 15.5. The Labute approximate surface area is 115 Å². The summed E-state index contributed by atoms with van der Waals surface area (Å²) in [7, 11) is 0. The van der Waals surface area contributed by atoms with Gasteiger partial charge in [-0.1, -0.05) is 44.4 Å². The number of para-hydroxylation sites is 1. The van der Waals surface area contributed by atoms with Crippen molar-refractivity contribution in [1.29, 1.82) is 0 Å². The summed E-state index contributed by atoms with van der Waals surface area (Å²) in [6.07, 6.45) is 4.61. The lowest BCUT2D eigenvalue weighted by Crippen LogP contribution is -2.29. The first-order valence-electron chi connectivity index (χ1n) is 6.95. The van der Waals surface area contributed by atoms with Crippen LogP contribution < -0.4 is 15.8 Å². The van der Waals surface area contributed by atoms with Gasteiger partial charge in [-0.25, -0.2) is 0 Å². The van der Waals surface area contributed by atoms with Crippen LogP contribution in [-0.4, -0.2) is 19.1 Å². The van der Waals surface area contributed by atoms with Crippen molar-refractivity contribution in [2.75, 3.05) is 13.2 Å². The van der Waals surface area contributed by atoms with E-state index in [0.29, 0.717) is 12.3 Å². The fourth-order valence-corrected chi connectivity index (χ4v) is 1.79. The standard InChI is InChI=1S/C15H24N2O2/c1-2-3-4-7-10-17-15(18)12-19-14-9-6-5-8-13(14)11-16/h5-6,8-9H,2-4,7,10-12,16H2,1H3,(H,17,18). The van der Waals surface area contributed by atoms with Gasteiger partial charge in [-0.2, -0.15) is 0 Å². The van der Waals surface area contributed by atoms with E-state index in [2.05, 4.69) is 12.2 Å². The zero-order valence-electron chi connectivity index (χ0n) is 11.7. The van der Waals surface area contributed by atoms with Crippen LogP contribution in [-0.2, 0) is 11.3 Å². The van der Waals surface area contributed by atoms with Crippen molar-refractivity contribution >= 4 is 5.91 Å². The zero-order valence-corrected chi connectivity index (χ0v) is 11.7. The molecule has 0 bridgehead atoms. The maximum atomic E-state index is 11.6. The van der Waals surface area contributed by atoms with Gasteiger partial charge in [-0.15, -0.1) is 0 Å². The predicted molar refractivity (Wildman–Crippen MR) is 77.0 cm³/mol. The number of carbonyl (C=O) groups is 1. The number of nitrogens with two attached hydrogens (primary N) is 1. The van der Waals surface area contributed by atoms with Gasteiger partial charge in [0, 0.05) is 18.7 Å². The monoisotopic (exact) mass is 264 g/mol. The van der Waals surface area contributed by atoms with E-state index in [1.165, 1.54) is 12.8 Å². The Morgan fingerprint density at radius 1 is 1.26 bits per heavy atom. The largest absolute Gasteiger partial charge is 0.483 e. The average molecular weight is 264 g/mol. The van der Waals surface area contributed by atoms with E-state index < -0.39 is 0 Å². The highest BCUT2D eigenvalue weighted by Gasteiger charge is 2.04. The van der Waals surface area contributed by atoms with E-state index in [1.54, 1.807) is 0 Å². The molecule has 0 saturated carbocycles. The highest BCUT2D eigenvalue weighted by molar-refractivity contribution is 5.77. The fourth-order valence-electron chi connectivity index (χ4n) is 1.79. The van der Waals surface area contributed by atoms with Crippen LogP contribution >= 0.6 is 0 Å². The molecule has 0 atom stereocenters. The summed E-state index contributed by atoms with van der Waals surface area (Å²) in [6, 6.07) is 7.51. The van der Waals surface area contributed by atoms with Gasteiger partial charge < -0.3 is 15.8 Å². The van der Waals surface area contributed by atoms with E-state index >= 15 is 0 Å². The number of hydrogen-bond donors (Lipinski definition) is 2. The number of ether oxygens (including phenoxy) is 1. The van der Waals surface area contributed by atoms with E-state index in [-0.39, 0.29) is 12.5 Å². The molecule has 1 rings (SSSR count). The van der Waals surface area contributed by atoms with Crippen LogP contribution in [0, 0.1) is 0 Å². The predicted octanol–water partition coefficient (Wildman–Crippen LogP) is 2.22. The second kappa shape index (κ2) is 9.39. The molecule has 0 heterocycles. The van der Waals surface area contributed by atoms with Crippen molar-refractivity contribution in [3.05, 3.63) is 29.8 Å². The van der Waals surface area contributed by atoms with Gasteiger partial charge in [0.1, 0.15) is 5.75 Å². The van der Waals surface area contributed by atoms with Gasteiger partial charge in [0.15, 0.2) is 6.61 Å². The summed E-state index contributed by atoms with van der Waals surface area (Å²) in [4.78, 5) is 11.6. The molecule has 0 radical (unpaired) electrons. The molecule has 1 aromatic rings. The Bertz CT molecular complexity index is 380. The summed E-state index contributed by atoms with van der Waals surface area (Å²) in [6.45, 7) is 3.35. The van der Waals surface area contributed by atoms with Crippen LogP contribution in [0.2, 0.25) is 0 Å². The van der Waals surface area contributed by atoms with Crippen molar-refractivity contribution < 1.29 is 9.53 Å². The average Bonchev–Trinajstić information content (AvgIpc) is 2.45. The molecule has 4 nitrogen and oxygen atoms in total. The highest BCUT2D eigenvalue weighted by atomic mass is 16.5. The minimum atomic E-state index is -0.0803. The summed E-state index contributed by atoms with van der Waals surface area (Å²) >= 11 is 0. The molecule has 3 N–H and O–H groups in total. The van der Waals surface area contributed by atoms with Crippen molar-refractivity contribution in [2.24, 2.45) is 5.73 Å². The first-order valence-corrected chi connectivity index (χ1v) is 6.95. The van der Waals surface area contributed by atoms with E-state index in [9.17, 15) is 4.79 Å². The molecular weight excluding hydrogens is 240 g/mol. The van der Waals surface area contributed by atoms with Gasteiger partial charge in [0.25, 0.3) is 5.91 Å². The van der Waals surface area contributed by atoms with Crippen molar-refractivity contribution in [3.8, 4) is 5.75 Å². The molecule has 0 spiro atoms. The van der Waals surface area contributed by atoms with Crippen molar-refractivity contribution in [3.63, 3.8) is 0 Å². The van der Waals surface area contributed by atoms with Crippen LogP contribution in [0.15, 0.2) is 24.3 Å². The number of benzene rings is 1. The van der Waals surface area contributed by atoms with Crippen molar-refractivity contribution in [1.82, 2.24) is 5.32 Å². The molecule has 0 aromatic heterocycles. The molecule has 19 heavy (non-hydrogen) atoms. The Kier molecular flexibility index (Phi) is 7.66. The summed E-state index contributed by atoms with van der Waals surface area (Å²) in [5.41, 5.74) is 6.52. The topological polar surface area (TPSA) is 64.3 Å². The molecule has 4 heteroatoms. The van der Waals surface area contributed by atoms with Gasteiger partial charge >= 0.3 is 0 Å². The number of unbranched alkanes of at least 4 members (excludes halogenated alkanes) is 3. The van der Waals surface area contributed by atoms with Gasteiger partial charge in [-0.05, 0) is 12.5 Å². The second-order valence-electron chi connectivity index (χ2n) is 4.51. The normalized spacial score (nSPS) is 10.2. The SMILES string of the molecule is CCCCCCNC(=O)COc1ccccc1CN. The molecule has 0 saturated heterocycles. The fraction of sp³-hybridized carbons (Fsp3) is 0.533. The Morgan fingerprint density at radius 2 is 2.05 bits per heavy atom. The van der Waals surface area contributed by atoms with E-state index in [4.69, 9.17) is 10.5 Å². The number of nitrogens with one attached hydrogen (secondary N) is 1. The zero-order chi connectivity index (χ0) is 13.9. The van der Waals surface area contributed by atoms with Crippen LogP contribution in [0.4, 0.5) is 0 Å².